The van der Waals surface area contributed by atoms with Crippen LogP contribution >= 0.6 is 11.3 Å². The Morgan fingerprint density at radius 3 is 2.85 bits per heavy atom. The molecule has 2 aromatic rings. The van der Waals surface area contributed by atoms with Crippen LogP contribution in [0.5, 0.6) is 0 Å². The number of thiazole rings is 1. The molecule has 2 heterocycles. The molecule has 2 N–H and O–H groups in total. The maximum absolute atomic E-state index is 12.4. The predicted octanol–water partition coefficient (Wildman–Crippen LogP) is 2.53. The van der Waals surface area contributed by atoms with Gasteiger partial charge in [0.05, 0.1) is 10.6 Å². The maximum atomic E-state index is 12.4. The topological polar surface area (TPSA) is 71.1 Å². The first kappa shape index (κ1) is 13.4. The lowest BCUT2D eigenvalue weighted by molar-refractivity contribution is 0.601. The number of rotatable bonds is 3. The van der Waals surface area contributed by atoms with Crippen molar-refractivity contribution in [2.75, 3.05) is 16.6 Å². The second-order valence-corrected chi connectivity index (χ2v) is 7.65. The van der Waals surface area contributed by atoms with E-state index in [-0.39, 0.29) is 4.90 Å². The fourth-order valence-electron chi connectivity index (χ4n) is 2.14. The summed E-state index contributed by atoms with van der Waals surface area (Å²) < 4.78 is 27.3. The molecule has 0 saturated carbocycles. The number of fused-ring (bicyclic) bond motifs is 1. The molecule has 0 saturated heterocycles. The zero-order valence-electron chi connectivity index (χ0n) is 11.2. The van der Waals surface area contributed by atoms with Gasteiger partial charge in [0, 0.05) is 17.1 Å². The van der Waals surface area contributed by atoms with E-state index in [2.05, 4.69) is 15.0 Å². The van der Waals surface area contributed by atoms with E-state index >= 15 is 0 Å². The van der Waals surface area contributed by atoms with E-state index in [0.717, 1.165) is 34.8 Å². The average molecular weight is 309 g/mol. The molecule has 1 aliphatic heterocycles. The molecule has 1 aromatic carbocycles. The highest BCUT2D eigenvalue weighted by Gasteiger charge is 2.19. The highest BCUT2D eigenvalue weighted by atomic mass is 32.2. The lowest BCUT2D eigenvalue weighted by Gasteiger charge is -2.07. The van der Waals surface area contributed by atoms with Crippen molar-refractivity contribution >= 4 is 32.2 Å². The number of nitrogens with zero attached hydrogens (tertiary/aromatic N) is 1. The standard InChI is InChI=1S/C13H15N3O2S2/c1-8-9(2)19-13(15-8)16-20(17,18)11-3-4-12-10(7-11)5-6-14-12/h3-4,7,14H,5-6H2,1-2H3,(H,15,16). The summed E-state index contributed by atoms with van der Waals surface area (Å²) in [4.78, 5) is 5.51. The van der Waals surface area contributed by atoms with Gasteiger partial charge in [-0.05, 0) is 44.0 Å². The van der Waals surface area contributed by atoms with Gasteiger partial charge in [0.2, 0.25) is 0 Å². The third-order valence-corrected chi connectivity index (χ3v) is 5.80. The Hall–Kier alpha value is -1.60. The molecule has 20 heavy (non-hydrogen) atoms. The monoisotopic (exact) mass is 309 g/mol. The van der Waals surface area contributed by atoms with Crippen LogP contribution in [0.2, 0.25) is 0 Å². The Balaban J connectivity index is 1.92. The van der Waals surface area contributed by atoms with Crippen molar-refractivity contribution in [2.24, 2.45) is 0 Å². The van der Waals surface area contributed by atoms with Crippen molar-refractivity contribution in [3.63, 3.8) is 0 Å². The Morgan fingerprint density at radius 2 is 2.15 bits per heavy atom. The molecule has 0 radical (unpaired) electrons. The molecule has 0 atom stereocenters. The van der Waals surface area contributed by atoms with E-state index in [0.29, 0.717) is 5.13 Å². The summed E-state index contributed by atoms with van der Waals surface area (Å²) in [5, 5.41) is 3.63. The largest absolute Gasteiger partial charge is 0.384 e. The molecule has 1 aromatic heterocycles. The smallest absolute Gasteiger partial charge is 0.263 e. The summed E-state index contributed by atoms with van der Waals surface area (Å²) in [6, 6.07) is 5.16. The summed E-state index contributed by atoms with van der Waals surface area (Å²) >= 11 is 1.35. The van der Waals surface area contributed by atoms with Crippen LogP contribution in [0.15, 0.2) is 23.1 Å². The Bertz CT molecular complexity index is 746. The van der Waals surface area contributed by atoms with Crippen LogP contribution in [-0.2, 0) is 16.4 Å². The Kier molecular flexibility index (Phi) is 3.18. The van der Waals surface area contributed by atoms with Crippen LogP contribution in [-0.4, -0.2) is 19.9 Å². The highest BCUT2D eigenvalue weighted by molar-refractivity contribution is 7.93. The molecular formula is C13H15N3O2S2. The molecular weight excluding hydrogens is 294 g/mol. The lowest BCUT2D eigenvalue weighted by Crippen LogP contribution is -2.13. The first-order chi connectivity index (χ1) is 9.45. The van der Waals surface area contributed by atoms with Gasteiger partial charge in [-0.15, -0.1) is 11.3 Å². The summed E-state index contributed by atoms with van der Waals surface area (Å²) in [6.07, 6.45) is 0.855. The number of sulfonamides is 1. The molecule has 0 spiro atoms. The van der Waals surface area contributed by atoms with Gasteiger partial charge in [0.25, 0.3) is 10.0 Å². The summed E-state index contributed by atoms with van der Waals surface area (Å²) in [6.45, 7) is 4.65. The molecule has 0 amide bonds. The number of anilines is 2. The van der Waals surface area contributed by atoms with Gasteiger partial charge in [-0.2, -0.15) is 0 Å². The van der Waals surface area contributed by atoms with E-state index < -0.39 is 10.0 Å². The molecule has 1 aliphatic rings. The summed E-state index contributed by atoms with van der Waals surface area (Å²) in [5.74, 6) is 0. The van der Waals surface area contributed by atoms with Gasteiger partial charge >= 0.3 is 0 Å². The third kappa shape index (κ3) is 2.38. The van der Waals surface area contributed by atoms with Crippen molar-refractivity contribution in [1.82, 2.24) is 4.98 Å². The third-order valence-electron chi connectivity index (χ3n) is 3.35. The average Bonchev–Trinajstić information content (AvgIpc) is 2.95. The van der Waals surface area contributed by atoms with Crippen LogP contribution in [0.4, 0.5) is 10.8 Å². The van der Waals surface area contributed by atoms with E-state index in [1.807, 2.05) is 19.9 Å². The first-order valence-electron chi connectivity index (χ1n) is 6.29. The first-order valence-corrected chi connectivity index (χ1v) is 8.59. The van der Waals surface area contributed by atoms with Gasteiger partial charge in [-0.25, -0.2) is 13.4 Å². The minimum absolute atomic E-state index is 0.283. The molecule has 106 valence electrons. The maximum Gasteiger partial charge on any atom is 0.263 e. The highest BCUT2D eigenvalue weighted by Crippen LogP contribution is 2.28. The molecule has 0 aliphatic carbocycles. The van der Waals surface area contributed by atoms with E-state index in [1.54, 1.807) is 12.1 Å². The Morgan fingerprint density at radius 1 is 1.35 bits per heavy atom. The van der Waals surface area contributed by atoms with E-state index in [4.69, 9.17) is 0 Å². The number of aromatic nitrogens is 1. The number of nitrogens with one attached hydrogen (secondary N) is 2. The number of benzene rings is 1. The number of aryl methyl sites for hydroxylation is 2. The van der Waals surface area contributed by atoms with Crippen molar-refractivity contribution < 1.29 is 8.42 Å². The van der Waals surface area contributed by atoms with Crippen LogP contribution in [0.1, 0.15) is 16.1 Å². The van der Waals surface area contributed by atoms with E-state index in [1.165, 1.54) is 11.3 Å². The van der Waals surface area contributed by atoms with Crippen molar-refractivity contribution in [3.8, 4) is 0 Å². The Labute approximate surface area is 122 Å². The van der Waals surface area contributed by atoms with Crippen LogP contribution in [0.25, 0.3) is 0 Å². The molecule has 3 rings (SSSR count). The predicted molar refractivity (Wildman–Crippen MR) is 81.0 cm³/mol. The van der Waals surface area contributed by atoms with Gasteiger partial charge in [0.15, 0.2) is 5.13 Å². The zero-order chi connectivity index (χ0) is 14.3. The second-order valence-electron chi connectivity index (χ2n) is 4.76. The molecule has 0 bridgehead atoms. The van der Waals surface area contributed by atoms with Crippen LogP contribution in [0.3, 0.4) is 0 Å². The van der Waals surface area contributed by atoms with Gasteiger partial charge in [0.1, 0.15) is 0 Å². The minimum atomic E-state index is -3.57. The second kappa shape index (κ2) is 4.75. The normalized spacial score (nSPS) is 13.9. The fraction of sp³-hybridized carbons (Fsp3) is 0.308. The molecule has 0 fully saturated rings. The van der Waals surface area contributed by atoms with E-state index in [9.17, 15) is 8.42 Å². The molecule has 0 unspecified atom stereocenters. The molecule has 5 nitrogen and oxygen atoms in total. The summed E-state index contributed by atoms with van der Waals surface area (Å²) in [7, 11) is -3.57. The fourth-order valence-corrected chi connectivity index (χ4v) is 4.24. The molecule has 7 heteroatoms. The SMILES string of the molecule is Cc1nc(NS(=O)(=O)c2ccc3c(c2)CCN3)sc1C. The van der Waals surface area contributed by atoms with Crippen molar-refractivity contribution in [3.05, 3.63) is 34.3 Å². The quantitative estimate of drug-likeness (QED) is 0.914. The number of hydrogen-bond acceptors (Lipinski definition) is 5. The number of hydrogen-bond donors (Lipinski definition) is 2. The summed E-state index contributed by atoms with van der Waals surface area (Å²) in [5.41, 5.74) is 2.91. The van der Waals surface area contributed by atoms with Crippen LogP contribution < -0.4 is 10.0 Å². The zero-order valence-corrected chi connectivity index (χ0v) is 12.9. The van der Waals surface area contributed by atoms with Crippen LogP contribution in [0, 0.1) is 13.8 Å². The van der Waals surface area contributed by atoms with Gasteiger partial charge < -0.3 is 5.32 Å². The van der Waals surface area contributed by atoms with Crippen molar-refractivity contribution in [1.29, 1.82) is 0 Å². The van der Waals surface area contributed by atoms with Gasteiger partial charge in [-0.3, -0.25) is 4.72 Å². The minimum Gasteiger partial charge on any atom is -0.384 e. The van der Waals surface area contributed by atoms with Crippen molar-refractivity contribution in [2.45, 2.75) is 25.2 Å². The van der Waals surface area contributed by atoms with Gasteiger partial charge in [-0.1, -0.05) is 0 Å². The lowest BCUT2D eigenvalue weighted by atomic mass is 10.2.